The van der Waals surface area contributed by atoms with Gasteiger partial charge >= 0.3 is 0 Å². The Kier molecular flexibility index (Phi) is 4.28. The van der Waals surface area contributed by atoms with Crippen molar-refractivity contribution in [3.05, 3.63) is 52.4 Å². The van der Waals surface area contributed by atoms with Crippen LogP contribution in [0.1, 0.15) is 42.4 Å². The Morgan fingerprint density at radius 1 is 1.24 bits per heavy atom. The average Bonchev–Trinajstić information content (AvgIpc) is 2.37. The lowest BCUT2D eigenvalue weighted by atomic mass is 9.91. The Morgan fingerprint density at radius 3 is 2.57 bits per heavy atom. The van der Waals surface area contributed by atoms with E-state index in [1.807, 2.05) is 39.8 Å². The van der Waals surface area contributed by atoms with Gasteiger partial charge in [-0.05, 0) is 36.8 Å². The second kappa shape index (κ2) is 5.82. The summed E-state index contributed by atoms with van der Waals surface area (Å²) in [5, 5.41) is 3.08. The third-order valence-electron chi connectivity index (χ3n) is 2.98. The number of hydrogen-bond acceptors (Lipinski definition) is 3. The van der Waals surface area contributed by atoms with Gasteiger partial charge in [0.25, 0.3) is 5.91 Å². The molecule has 0 atom stereocenters. The molecule has 0 bridgehead atoms. The van der Waals surface area contributed by atoms with E-state index in [1.54, 1.807) is 18.3 Å². The van der Waals surface area contributed by atoms with Gasteiger partial charge in [-0.25, -0.2) is 9.97 Å². The van der Waals surface area contributed by atoms with Crippen molar-refractivity contribution in [2.45, 2.75) is 33.1 Å². The monoisotopic (exact) mass is 303 g/mol. The molecular weight excluding hydrogens is 286 g/mol. The lowest BCUT2D eigenvalue weighted by Gasteiger charge is -2.18. The van der Waals surface area contributed by atoms with Crippen LogP contribution in [0.3, 0.4) is 0 Å². The molecule has 1 N–H and O–H groups in total. The van der Waals surface area contributed by atoms with Crippen LogP contribution in [0.2, 0.25) is 5.15 Å². The van der Waals surface area contributed by atoms with Crippen LogP contribution in [0.25, 0.3) is 0 Å². The fourth-order valence-electron chi connectivity index (χ4n) is 1.81. The van der Waals surface area contributed by atoms with Gasteiger partial charge in [0.05, 0.1) is 0 Å². The van der Waals surface area contributed by atoms with Gasteiger partial charge in [0.1, 0.15) is 11.0 Å². The lowest BCUT2D eigenvalue weighted by Crippen LogP contribution is -2.18. The number of nitrogens with one attached hydrogen (secondary N) is 1. The van der Waals surface area contributed by atoms with Gasteiger partial charge in [-0.1, -0.05) is 32.4 Å². The molecule has 21 heavy (non-hydrogen) atoms. The minimum absolute atomic E-state index is 0.179. The number of rotatable bonds is 2. The number of aryl methyl sites for hydroxylation is 1. The Labute approximate surface area is 129 Å². The van der Waals surface area contributed by atoms with Crippen LogP contribution >= 0.6 is 11.6 Å². The standard InChI is InChI=1S/C16H18ClN3O/c1-10-5-6-18-14(7-10)20-15(21)11-8-12(16(2,3)4)19-13(17)9-11/h5-9H,1-4H3,(H,18,20,21). The fraction of sp³-hybridized carbons (Fsp3) is 0.312. The normalized spacial score (nSPS) is 11.3. The largest absolute Gasteiger partial charge is 0.307 e. The van der Waals surface area contributed by atoms with Crippen molar-refractivity contribution < 1.29 is 4.79 Å². The number of pyridine rings is 2. The highest BCUT2D eigenvalue weighted by Crippen LogP contribution is 2.23. The van der Waals surface area contributed by atoms with Crippen molar-refractivity contribution in [3.8, 4) is 0 Å². The molecule has 4 nitrogen and oxygen atoms in total. The molecule has 5 heteroatoms. The van der Waals surface area contributed by atoms with E-state index in [9.17, 15) is 4.79 Å². The van der Waals surface area contributed by atoms with Crippen molar-refractivity contribution in [1.82, 2.24) is 9.97 Å². The van der Waals surface area contributed by atoms with E-state index in [1.165, 1.54) is 0 Å². The summed E-state index contributed by atoms with van der Waals surface area (Å²) in [6.07, 6.45) is 1.66. The van der Waals surface area contributed by atoms with E-state index in [4.69, 9.17) is 11.6 Å². The van der Waals surface area contributed by atoms with Crippen LogP contribution in [-0.4, -0.2) is 15.9 Å². The molecule has 0 unspecified atom stereocenters. The van der Waals surface area contributed by atoms with E-state index in [2.05, 4.69) is 15.3 Å². The molecule has 2 aromatic heterocycles. The summed E-state index contributed by atoms with van der Waals surface area (Å²) >= 11 is 6.02. The molecule has 0 aliphatic heterocycles. The minimum Gasteiger partial charge on any atom is -0.307 e. The smallest absolute Gasteiger partial charge is 0.256 e. The molecule has 1 amide bonds. The summed E-state index contributed by atoms with van der Waals surface area (Å²) in [7, 11) is 0. The van der Waals surface area contributed by atoms with Gasteiger partial charge in [0.15, 0.2) is 0 Å². The van der Waals surface area contributed by atoms with Gasteiger partial charge in [-0.3, -0.25) is 4.79 Å². The van der Waals surface area contributed by atoms with Gasteiger partial charge in [0, 0.05) is 22.9 Å². The number of nitrogens with zero attached hydrogens (tertiary/aromatic N) is 2. The minimum atomic E-state index is -0.247. The average molecular weight is 304 g/mol. The predicted molar refractivity (Wildman–Crippen MR) is 84.9 cm³/mol. The summed E-state index contributed by atoms with van der Waals surface area (Å²) in [6, 6.07) is 7.00. The highest BCUT2D eigenvalue weighted by atomic mass is 35.5. The number of halogens is 1. The molecule has 0 saturated heterocycles. The first-order valence-corrected chi connectivity index (χ1v) is 7.05. The zero-order chi connectivity index (χ0) is 15.6. The number of amides is 1. The summed E-state index contributed by atoms with van der Waals surface area (Å²) < 4.78 is 0. The summed E-state index contributed by atoms with van der Waals surface area (Å²) in [4.78, 5) is 20.7. The predicted octanol–water partition coefficient (Wildman–Crippen LogP) is 3.99. The first kappa shape index (κ1) is 15.4. The molecule has 110 valence electrons. The topological polar surface area (TPSA) is 54.9 Å². The van der Waals surface area contributed by atoms with Crippen LogP contribution in [0.15, 0.2) is 30.5 Å². The van der Waals surface area contributed by atoms with E-state index in [0.29, 0.717) is 16.5 Å². The second-order valence-electron chi connectivity index (χ2n) is 5.99. The molecule has 0 spiro atoms. The zero-order valence-electron chi connectivity index (χ0n) is 12.6. The summed E-state index contributed by atoms with van der Waals surface area (Å²) in [5.41, 5.74) is 2.10. The molecular formula is C16H18ClN3O. The van der Waals surface area contributed by atoms with Crippen LogP contribution in [0.4, 0.5) is 5.82 Å². The number of carbonyl (C=O) groups is 1. The maximum Gasteiger partial charge on any atom is 0.256 e. The molecule has 0 aliphatic rings. The van der Waals surface area contributed by atoms with Crippen molar-refractivity contribution in [2.75, 3.05) is 5.32 Å². The van der Waals surface area contributed by atoms with E-state index < -0.39 is 0 Å². The third-order valence-corrected chi connectivity index (χ3v) is 3.18. The zero-order valence-corrected chi connectivity index (χ0v) is 13.3. The first-order chi connectivity index (χ1) is 9.75. The Bertz CT molecular complexity index is 677. The third kappa shape index (κ3) is 4.02. The number of aromatic nitrogens is 2. The molecule has 2 rings (SSSR count). The van der Waals surface area contributed by atoms with E-state index in [-0.39, 0.29) is 11.3 Å². The SMILES string of the molecule is Cc1ccnc(NC(=O)c2cc(Cl)nc(C(C)(C)C)c2)c1. The Morgan fingerprint density at radius 2 is 1.95 bits per heavy atom. The second-order valence-corrected chi connectivity index (χ2v) is 6.37. The van der Waals surface area contributed by atoms with Gasteiger partial charge in [-0.15, -0.1) is 0 Å². The van der Waals surface area contributed by atoms with Gasteiger partial charge in [-0.2, -0.15) is 0 Å². The highest BCUT2D eigenvalue weighted by molar-refractivity contribution is 6.29. The Balaban J connectivity index is 2.29. The number of anilines is 1. The molecule has 2 heterocycles. The Hall–Kier alpha value is -1.94. The molecule has 2 aromatic rings. The maximum absolute atomic E-state index is 12.3. The van der Waals surface area contributed by atoms with Crippen molar-refractivity contribution >= 4 is 23.3 Å². The van der Waals surface area contributed by atoms with E-state index >= 15 is 0 Å². The van der Waals surface area contributed by atoms with Crippen LogP contribution in [0, 0.1) is 6.92 Å². The summed E-state index contributed by atoms with van der Waals surface area (Å²) in [6.45, 7) is 8.01. The van der Waals surface area contributed by atoms with Crippen LogP contribution in [-0.2, 0) is 5.41 Å². The molecule has 0 fully saturated rings. The van der Waals surface area contributed by atoms with Gasteiger partial charge < -0.3 is 5.32 Å². The van der Waals surface area contributed by atoms with Gasteiger partial charge in [0.2, 0.25) is 0 Å². The van der Waals surface area contributed by atoms with Crippen molar-refractivity contribution in [3.63, 3.8) is 0 Å². The van der Waals surface area contributed by atoms with Crippen LogP contribution < -0.4 is 5.32 Å². The van der Waals surface area contributed by atoms with Crippen LogP contribution in [0.5, 0.6) is 0 Å². The van der Waals surface area contributed by atoms with Crippen molar-refractivity contribution in [2.24, 2.45) is 0 Å². The number of carbonyl (C=O) groups excluding carboxylic acids is 1. The van der Waals surface area contributed by atoms with E-state index in [0.717, 1.165) is 11.3 Å². The maximum atomic E-state index is 12.3. The lowest BCUT2D eigenvalue weighted by molar-refractivity contribution is 0.102. The summed E-state index contributed by atoms with van der Waals surface area (Å²) in [5.74, 6) is 0.271. The molecule has 0 aromatic carbocycles. The fourth-order valence-corrected chi connectivity index (χ4v) is 2.01. The molecule has 0 aliphatic carbocycles. The molecule has 0 saturated carbocycles. The highest BCUT2D eigenvalue weighted by Gasteiger charge is 2.19. The molecule has 0 radical (unpaired) electrons. The quantitative estimate of drug-likeness (QED) is 0.854. The number of hydrogen-bond donors (Lipinski definition) is 1. The van der Waals surface area contributed by atoms with Crippen molar-refractivity contribution in [1.29, 1.82) is 0 Å². The first-order valence-electron chi connectivity index (χ1n) is 6.68.